The number of aromatic nitrogens is 1. The van der Waals surface area contributed by atoms with Crippen LogP contribution in [0.5, 0.6) is 0 Å². The number of thiazole rings is 1. The Kier molecular flexibility index (Phi) is 8.52. The fourth-order valence-electron chi connectivity index (χ4n) is 2.96. The molecule has 2 aromatic carbocycles. The first-order valence-corrected chi connectivity index (χ1v) is 11.2. The van der Waals surface area contributed by atoms with E-state index in [1.165, 1.54) is 11.1 Å². The molecule has 3 aromatic rings. The molecule has 1 heterocycles. The van der Waals surface area contributed by atoms with E-state index < -0.39 is 0 Å². The second-order valence-electron chi connectivity index (χ2n) is 7.38. The van der Waals surface area contributed by atoms with E-state index in [9.17, 15) is 4.79 Å². The molecule has 0 aliphatic rings. The minimum Gasteiger partial charge on any atom is -0.308 e. The van der Waals surface area contributed by atoms with Gasteiger partial charge in [0, 0.05) is 18.0 Å². The number of carbonyl (C=O) groups excluding carboxylic acids is 1. The summed E-state index contributed by atoms with van der Waals surface area (Å²) < 4.78 is 1.14. The van der Waals surface area contributed by atoms with Gasteiger partial charge in [-0.2, -0.15) is 0 Å². The number of anilines is 1. The van der Waals surface area contributed by atoms with Crippen LogP contribution in [0.4, 0.5) is 5.13 Å². The number of rotatable bonds is 7. The van der Waals surface area contributed by atoms with Crippen molar-refractivity contribution < 1.29 is 4.79 Å². The summed E-state index contributed by atoms with van der Waals surface area (Å²) in [5.74, 6) is 0.505. The lowest BCUT2D eigenvalue weighted by Crippen LogP contribution is -2.37. The van der Waals surface area contributed by atoms with Crippen LogP contribution in [0.1, 0.15) is 16.7 Å². The van der Waals surface area contributed by atoms with E-state index in [2.05, 4.69) is 62.1 Å². The molecular weight excluding hydrogens is 422 g/mol. The van der Waals surface area contributed by atoms with Crippen molar-refractivity contribution >= 4 is 56.8 Å². The maximum atomic E-state index is 13.1. The number of nitrogens with zero attached hydrogens (tertiary/aromatic N) is 3. The molecule has 0 unspecified atom stereocenters. The van der Waals surface area contributed by atoms with E-state index in [1.807, 2.05) is 19.0 Å². The molecule has 0 aliphatic carbocycles. The fraction of sp³-hybridized carbons (Fsp3) is 0.364. The predicted molar refractivity (Wildman–Crippen MR) is 129 cm³/mol. The summed E-state index contributed by atoms with van der Waals surface area (Å²) in [6.45, 7) is 7.68. The maximum absolute atomic E-state index is 13.1. The molecule has 3 rings (SSSR count). The highest BCUT2D eigenvalue weighted by Gasteiger charge is 2.20. The third-order valence-corrected chi connectivity index (χ3v) is 6.53. The lowest BCUT2D eigenvalue weighted by Gasteiger charge is -2.21. The Hall–Kier alpha value is -1.60. The van der Waals surface area contributed by atoms with Crippen molar-refractivity contribution in [2.45, 2.75) is 25.7 Å². The van der Waals surface area contributed by atoms with E-state index in [0.717, 1.165) is 32.4 Å². The van der Waals surface area contributed by atoms with Gasteiger partial charge in [-0.1, -0.05) is 35.1 Å². The van der Waals surface area contributed by atoms with Crippen LogP contribution >= 0.6 is 35.5 Å². The van der Waals surface area contributed by atoms with Gasteiger partial charge in [0.1, 0.15) is 0 Å². The number of hydrogen-bond donors (Lipinski definition) is 0. The zero-order valence-electron chi connectivity index (χ0n) is 17.6. The molecule has 7 heteroatoms. The molecule has 0 saturated carbocycles. The molecule has 1 amide bonds. The minimum atomic E-state index is 0. The lowest BCUT2D eigenvalue weighted by atomic mass is 10.1. The molecule has 0 N–H and O–H groups in total. The molecule has 0 fully saturated rings. The van der Waals surface area contributed by atoms with Crippen LogP contribution in [0.15, 0.2) is 41.3 Å². The molecule has 0 saturated heterocycles. The maximum Gasteiger partial charge on any atom is 0.239 e. The first-order chi connectivity index (χ1) is 13.3. The van der Waals surface area contributed by atoms with Gasteiger partial charge in [0.15, 0.2) is 5.13 Å². The lowest BCUT2D eigenvalue weighted by molar-refractivity contribution is -0.116. The number of carbonyl (C=O) groups is 1. The number of aryl methyl sites for hydroxylation is 3. The summed E-state index contributed by atoms with van der Waals surface area (Å²) in [7, 11) is 4.05. The van der Waals surface area contributed by atoms with Gasteiger partial charge in [-0.05, 0) is 64.2 Å². The van der Waals surface area contributed by atoms with Crippen LogP contribution in [0.25, 0.3) is 10.2 Å². The quantitative estimate of drug-likeness (QED) is 0.457. The molecular formula is C22H28ClN3OS2. The smallest absolute Gasteiger partial charge is 0.239 e. The van der Waals surface area contributed by atoms with Crippen LogP contribution in [-0.4, -0.2) is 48.7 Å². The monoisotopic (exact) mass is 449 g/mol. The van der Waals surface area contributed by atoms with Crippen molar-refractivity contribution in [3.63, 3.8) is 0 Å². The molecule has 0 spiro atoms. The van der Waals surface area contributed by atoms with Gasteiger partial charge in [-0.3, -0.25) is 9.69 Å². The summed E-state index contributed by atoms with van der Waals surface area (Å²) in [5.41, 5.74) is 4.61. The highest BCUT2D eigenvalue weighted by molar-refractivity contribution is 8.00. The Morgan fingerprint density at radius 3 is 2.38 bits per heavy atom. The van der Waals surface area contributed by atoms with Crippen molar-refractivity contribution in [3.05, 3.63) is 53.1 Å². The second-order valence-corrected chi connectivity index (χ2v) is 9.43. The van der Waals surface area contributed by atoms with Crippen molar-refractivity contribution in [1.82, 2.24) is 9.88 Å². The third kappa shape index (κ3) is 6.19. The standard InChI is InChI=1S/C22H27N3OS2.ClH/c1-15-6-8-18(9-7-15)27-14-20(26)25(11-10-24(4)5)22-23-21-17(3)12-16(2)13-19(21)28-22;/h6-9,12-13H,10-11,14H2,1-5H3;1H. The number of benzene rings is 2. The summed E-state index contributed by atoms with van der Waals surface area (Å²) >= 11 is 3.18. The number of thioether (sulfide) groups is 1. The van der Waals surface area contributed by atoms with E-state index >= 15 is 0 Å². The molecule has 156 valence electrons. The van der Waals surface area contributed by atoms with Crippen LogP contribution in [0, 0.1) is 20.8 Å². The van der Waals surface area contributed by atoms with Crippen molar-refractivity contribution in [3.8, 4) is 0 Å². The average molecular weight is 450 g/mol. The molecule has 4 nitrogen and oxygen atoms in total. The average Bonchev–Trinajstić information content (AvgIpc) is 3.05. The van der Waals surface area contributed by atoms with Crippen molar-refractivity contribution in [2.75, 3.05) is 37.8 Å². The summed E-state index contributed by atoms with van der Waals surface area (Å²) in [6.07, 6.45) is 0. The first-order valence-electron chi connectivity index (χ1n) is 9.36. The molecule has 1 aromatic heterocycles. The number of fused-ring (bicyclic) bond motifs is 1. The van der Waals surface area contributed by atoms with E-state index in [-0.39, 0.29) is 18.3 Å². The Morgan fingerprint density at radius 1 is 1.03 bits per heavy atom. The molecule has 0 radical (unpaired) electrons. The Morgan fingerprint density at radius 2 is 1.72 bits per heavy atom. The molecule has 0 aliphatic heterocycles. The van der Waals surface area contributed by atoms with Gasteiger partial charge in [0.2, 0.25) is 5.91 Å². The first kappa shape index (κ1) is 23.7. The highest BCUT2D eigenvalue weighted by atomic mass is 35.5. The van der Waals surface area contributed by atoms with Gasteiger partial charge in [0.25, 0.3) is 0 Å². The highest BCUT2D eigenvalue weighted by Crippen LogP contribution is 2.32. The minimum absolute atomic E-state index is 0. The number of hydrogen-bond acceptors (Lipinski definition) is 5. The Bertz CT molecular complexity index is 970. The van der Waals surface area contributed by atoms with Crippen LogP contribution < -0.4 is 4.90 Å². The number of likely N-dealkylation sites (N-methyl/N-ethyl adjacent to an activating group) is 1. The summed E-state index contributed by atoms with van der Waals surface area (Å²) in [5, 5.41) is 0.792. The van der Waals surface area contributed by atoms with E-state index in [0.29, 0.717) is 12.3 Å². The fourth-order valence-corrected chi connectivity index (χ4v) is 4.92. The van der Waals surface area contributed by atoms with Gasteiger partial charge in [-0.25, -0.2) is 4.98 Å². The third-order valence-electron chi connectivity index (χ3n) is 4.50. The van der Waals surface area contributed by atoms with Gasteiger partial charge in [0.05, 0.1) is 16.0 Å². The normalized spacial score (nSPS) is 11.0. The predicted octanol–water partition coefficient (Wildman–Crippen LogP) is 5.33. The second kappa shape index (κ2) is 10.4. The molecule has 29 heavy (non-hydrogen) atoms. The van der Waals surface area contributed by atoms with Crippen molar-refractivity contribution in [1.29, 1.82) is 0 Å². The topological polar surface area (TPSA) is 36.4 Å². The summed E-state index contributed by atoms with van der Waals surface area (Å²) in [4.78, 5) is 22.9. The van der Waals surface area contributed by atoms with Gasteiger partial charge in [-0.15, -0.1) is 24.2 Å². The Labute approximate surface area is 187 Å². The van der Waals surface area contributed by atoms with Crippen molar-refractivity contribution in [2.24, 2.45) is 0 Å². The zero-order chi connectivity index (χ0) is 20.3. The van der Waals surface area contributed by atoms with Crippen LogP contribution in [0.3, 0.4) is 0 Å². The largest absolute Gasteiger partial charge is 0.308 e. The number of amides is 1. The Balaban J connectivity index is 0.00000300. The van der Waals surface area contributed by atoms with Crippen LogP contribution in [0.2, 0.25) is 0 Å². The SMILES string of the molecule is Cc1ccc(SCC(=O)N(CCN(C)C)c2nc3c(C)cc(C)cc3s2)cc1.Cl. The number of halogens is 1. The van der Waals surface area contributed by atoms with Crippen LogP contribution in [-0.2, 0) is 4.79 Å². The summed E-state index contributed by atoms with van der Waals surface area (Å²) in [6, 6.07) is 12.6. The molecule has 0 atom stereocenters. The van der Waals surface area contributed by atoms with Gasteiger partial charge < -0.3 is 4.90 Å². The van der Waals surface area contributed by atoms with Gasteiger partial charge >= 0.3 is 0 Å². The van der Waals surface area contributed by atoms with E-state index in [4.69, 9.17) is 4.98 Å². The zero-order valence-corrected chi connectivity index (χ0v) is 20.0. The molecule has 0 bridgehead atoms. The van der Waals surface area contributed by atoms with E-state index in [1.54, 1.807) is 23.1 Å².